The number of hydrogen-bond acceptors (Lipinski definition) is 6. The predicted molar refractivity (Wildman–Crippen MR) is 116 cm³/mol. The third kappa shape index (κ3) is 6.92. The number of amides is 1. The second-order valence-corrected chi connectivity index (χ2v) is 7.23. The first-order valence-corrected chi connectivity index (χ1v) is 10.4. The number of carbonyl (C=O) groups excluding carboxylic acids is 1. The molecule has 0 spiro atoms. The van der Waals surface area contributed by atoms with E-state index in [1.54, 1.807) is 30.3 Å². The third-order valence-corrected chi connectivity index (χ3v) is 4.82. The fourth-order valence-electron chi connectivity index (χ4n) is 3.01. The summed E-state index contributed by atoms with van der Waals surface area (Å²) in [5.41, 5.74) is 3.54. The van der Waals surface area contributed by atoms with Crippen LogP contribution in [0.4, 0.5) is 4.39 Å². The third-order valence-electron chi connectivity index (χ3n) is 4.54. The normalized spacial score (nSPS) is 14.5. The molecule has 1 amide bonds. The van der Waals surface area contributed by atoms with Crippen molar-refractivity contribution in [2.75, 3.05) is 39.5 Å². The summed E-state index contributed by atoms with van der Waals surface area (Å²) >= 11 is 6.38. The summed E-state index contributed by atoms with van der Waals surface area (Å²) in [6, 6.07) is 9.70. The lowest BCUT2D eigenvalue weighted by Gasteiger charge is -2.25. The van der Waals surface area contributed by atoms with Crippen molar-refractivity contribution in [3.8, 4) is 11.5 Å². The van der Waals surface area contributed by atoms with Crippen molar-refractivity contribution < 1.29 is 23.4 Å². The molecule has 0 radical (unpaired) electrons. The number of hydrogen-bond donors (Lipinski definition) is 1. The van der Waals surface area contributed by atoms with E-state index < -0.39 is 0 Å². The minimum atomic E-state index is -0.354. The molecule has 7 nitrogen and oxygen atoms in total. The maximum Gasteiger partial charge on any atom is 0.254 e. The molecule has 1 aliphatic heterocycles. The molecule has 0 bridgehead atoms. The average molecular weight is 450 g/mol. The molecular formula is C22H25ClFN3O4. The quantitative estimate of drug-likeness (QED) is 0.470. The maximum atomic E-state index is 13.9. The van der Waals surface area contributed by atoms with E-state index in [2.05, 4.69) is 10.5 Å². The van der Waals surface area contributed by atoms with Crippen molar-refractivity contribution in [2.24, 2.45) is 5.10 Å². The summed E-state index contributed by atoms with van der Waals surface area (Å²) < 4.78 is 30.5. The van der Waals surface area contributed by atoms with Crippen molar-refractivity contribution in [3.63, 3.8) is 0 Å². The highest BCUT2D eigenvalue weighted by atomic mass is 35.5. The van der Waals surface area contributed by atoms with Gasteiger partial charge >= 0.3 is 0 Å². The van der Waals surface area contributed by atoms with Gasteiger partial charge in [-0.15, -0.1) is 0 Å². The number of nitrogens with one attached hydrogen (secondary N) is 1. The Morgan fingerprint density at radius 1 is 1.29 bits per heavy atom. The Morgan fingerprint density at radius 3 is 2.81 bits per heavy atom. The number of ether oxygens (including phenoxy) is 3. The largest absolute Gasteiger partial charge is 0.490 e. The maximum absolute atomic E-state index is 13.9. The van der Waals surface area contributed by atoms with Crippen molar-refractivity contribution >= 4 is 23.7 Å². The number of carbonyl (C=O) groups is 1. The zero-order valence-electron chi connectivity index (χ0n) is 17.3. The predicted octanol–water partition coefficient (Wildman–Crippen LogP) is 3.24. The van der Waals surface area contributed by atoms with Crippen molar-refractivity contribution in [2.45, 2.75) is 13.5 Å². The van der Waals surface area contributed by atoms with Crippen LogP contribution in [0.25, 0.3) is 0 Å². The Labute approximate surface area is 185 Å². The summed E-state index contributed by atoms with van der Waals surface area (Å²) in [4.78, 5) is 14.0. The Morgan fingerprint density at radius 2 is 2.06 bits per heavy atom. The highest BCUT2D eigenvalue weighted by Crippen LogP contribution is 2.37. The molecule has 0 atom stereocenters. The van der Waals surface area contributed by atoms with Gasteiger partial charge in [-0.25, -0.2) is 9.82 Å². The van der Waals surface area contributed by atoms with Gasteiger partial charge in [0.05, 0.1) is 37.6 Å². The summed E-state index contributed by atoms with van der Waals surface area (Å²) in [6.45, 7) is 5.19. The van der Waals surface area contributed by atoms with Crippen LogP contribution in [0.5, 0.6) is 11.5 Å². The van der Waals surface area contributed by atoms with Gasteiger partial charge in [0, 0.05) is 18.7 Å². The minimum Gasteiger partial charge on any atom is -0.490 e. The molecule has 1 saturated heterocycles. The summed E-state index contributed by atoms with van der Waals surface area (Å²) in [5, 5.41) is 4.29. The topological polar surface area (TPSA) is 72.4 Å². The lowest BCUT2D eigenvalue weighted by atomic mass is 10.2. The van der Waals surface area contributed by atoms with Crippen molar-refractivity contribution in [3.05, 3.63) is 58.4 Å². The minimum absolute atomic E-state index is 0.0114. The van der Waals surface area contributed by atoms with Crippen LogP contribution in [0.3, 0.4) is 0 Å². The van der Waals surface area contributed by atoms with Crippen molar-refractivity contribution in [1.29, 1.82) is 0 Å². The number of rotatable bonds is 9. The van der Waals surface area contributed by atoms with Gasteiger partial charge in [0.25, 0.3) is 5.91 Å². The van der Waals surface area contributed by atoms with Crippen LogP contribution in [-0.2, 0) is 16.1 Å². The van der Waals surface area contributed by atoms with Gasteiger partial charge in [0.15, 0.2) is 11.5 Å². The highest BCUT2D eigenvalue weighted by Gasteiger charge is 2.15. The first-order chi connectivity index (χ1) is 15.1. The SMILES string of the molecule is CCOc1cc(C=NNC(=O)CN2CCOCC2)cc(Cl)c1OCc1ccccc1F. The van der Waals surface area contributed by atoms with Crippen molar-refractivity contribution in [1.82, 2.24) is 10.3 Å². The van der Waals surface area contributed by atoms with Crippen LogP contribution >= 0.6 is 11.6 Å². The van der Waals surface area contributed by atoms with E-state index in [1.165, 1.54) is 12.3 Å². The lowest BCUT2D eigenvalue weighted by molar-refractivity contribution is -0.123. The lowest BCUT2D eigenvalue weighted by Crippen LogP contribution is -2.42. The highest BCUT2D eigenvalue weighted by molar-refractivity contribution is 6.32. The monoisotopic (exact) mass is 449 g/mol. The van der Waals surface area contributed by atoms with Gasteiger partial charge in [-0.3, -0.25) is 9.69 Å². The van der Waals surface area contributed by atoms with Gasteiger partial charge in [-0.2, -0.15) is 5.10 Å². The molecule has 9 heteroatoms. The molecule has 2 aromatic carbocycles. The standard InChI is InChI=1S/C22H25ClFN3O4/c1-2-30-20-12-16(13-25-26-21(28)14-27-7-9-29-10-8-27)11-18(23)22(20)31-15-17-5-3-4-6-19(17)24/h3-6,11-13H,2,7-10,14-15H2,1H3,(H,26,28). The smallest absolute Gasteiger partial charge is 0.254 e. The Kier molecular flexibility index (Phi) is 8.63. The Balaban J connectivity index is 1.63. The second-order valence-electron chi connectivity index (χ2n) is 6.82. The summed E-state index contributed by atoms with van der Waals surface area (Å²) in [7, 11) is 0. The van der Waals surface area contributed by atoms with Crippen LogP contribution in [0.2, 0.25) is 5.02 Å². The second kappa shape index (κ2) is 11.6. The Hall–Kier alpha value is -2.68. The molecule has 1 aliphatic rings. The number of benzene rings is 2. The molecule has 0 unspecified atom stereocenters. The average Bonchev–Trinajstić information content (AvgIpc) is 2.75. The van der Waals surface area contributed by atoms with E-state index in [0.29, 0.717) is 47.5 Å². The molecule has 1 N–H and O–H groups in total. The summed E-state index contributed by atoms with van der Waals surface area (Å²) in [5.74, 6) is 0.167. The molecule has 0 aromatic heterocycles. The van der Waals surface area contributed by atoms with Crippen LogP contribution in [0.1, 0.15) is 18.1 Å². The van der Waals surface area contributed by atoms with E-state index in [4.69, 9.17) is 25.8 Å². The van der Waals surface area contributed by atoms with Gasteiger partial charge in [-0.05, 0) is 30.7 Å². The molecule has 3 rings (SSSR count). The van der Waals surface area contributed by atoms with Gasteiger partial charge in [0.1, 0.15) is 12.4 Å². The van der Waals surface area contributed by atoms with E-state index >= 15 is 0 Å². The zero-order valence-corrected chi connectivity index (χ0v) is 18.0. The number of hydrazone groups is 1. The van der Waals surface area contributed by atoms with E-state index in [9.17, 15) is 9.18 Å². The molecule has 0 aliphatic carbocycles. The number of nitrogens with zero attached hydrogens (tertiary/aromatic N) is 2. The summed E-state index contributed by atoms with van der Waals surface area (Å²) in [6.07, 6.45) is 1.48. The molecule has 1 heterocycles. The molecular weight excluding hydrogens is 425 g/mol. The van der Waals surface area contributed by atoms with E-state index in [0.717, 1.165) is 13.1 Å². The first kappa shape index (κ1) is 23.0. The molecule has 166 valence electrons. The van der Waals surface area contributed by atoms with Gasteiger partial charge in [-0.1, -0.05) is 29.8 Å². The molecule has 1 fully saturated rings. The van der Waals surface area contributed by atoms with Crippen LogP contribution < -0.4 is 14.9 Å². The fourth-order valence-corrected chi connectivity index (χ4v) is 3.28. The first-order valence-electron chi connectivity index (χ1n) is 10.0. The number of halogens is 2. The zero-order chi connectivity index (χ0) is 22.1. The van der Waals surface area contributed by atoms with Crippen LogP contribution in [-0.4, -0.2) is 56.5 Å². The van der Waals surface area contributed by atoms with Crippen LogP contribution in [0.15, 0.2) is 41.5 Å². The fraction of sp³-hybridized carbons (Fsp3) is 0.364. The van der Waals surface area contributed by atoms with E-state index in [-0.39, 0.29) is 24.9 Å². The number of morpholine rings is 1. The van der Waals surface area contributed by atoms with Crippen LogP contribution in [0, 0.1) is 5.82 Å². The molecule has 31 heavy (non-hydrogen) atoms. The van der Waals surface area contributed by atoms with E-state index in [1.807, 2.05) is 11.8 Å². The molecule has 0 saturated carbocycles. The Bertz CT molecular complexity index is 920. The molecule has 2 aromatic rings. The van der Waals surface area contributed by atoms with Gasteiger partial charge in [0.2, 0.25) is 0 Å². The van der Waals surface area contributed by atoms with Gasteiger partial charge < -0.3 is 14.2 Å².